The zero-order valence-electron chi connectivity index (χ0n) is 12.3. The molecule has 0 N–H and O–H groups in total. The van der Waals surface area contributed by atoms with E-state index < -0.39 is 0 Å². The van der Waals surface area contributed by atoms with Gasteiger partial charge in [0.2, 0.25) is 5.91 Å². The van der Waals surface area contributed by atoms with E-state index in [0.717, 1.165) is 30.2 Å². The fourth-order valence-corrected chi connectivity index (χ4v) is 3.50. The van der Waals surface area contributed by atoms with Crippen LogP contribution >= 0.6 is 11.3 Å². The molecule has 6 heteroatoms. The van der Waals surface area contributed by atoms with E-state index in [1.807, 2.05) is 34.8 Å². The van der Waals surface area contributed by atoms with Gasteiger partial charge in [0.1, 0.15) is 5.82 Å². The summed E-state index contributed by atoms with van der Waals surface area (Å²) >= 11 is 1.63. The maximum absolute atomic E-state index is 12.5. The van der Waals surface area contributed by atoms with Crippen molar-refractivity contribution in [3.05, 3.63) is 40.1 Å². The van der Waals surface area contributed by atoms with Gasteiger partial charge in [0, 0.05) is 20.2 Å². The molecule has 3 rings (SSSR count). The van der Waals surface area contributed by atoms with Crippen molar-refractivity contribution < 1.29 is 9.53 Å². The van der Waals surface area contributed by atoms with Crippen molar-refractivity contribution in [2.24, 2.45) is 0 Å². The van der Waals surface area contributed by atoms with Crippen molar-refractivity contribution in [3.8, 4) is 0 Å². The Morgan fingerprint density at radius 1 is 1.52 bits per heavy atom. The molecule has 0 fully saturated rings. The zero-order valence-corrected chi connectivity index (χ0v) is 13.1. The fourth-order valence-electron chi connectivity index (χ4n) is 2.83. The van der Waals surface area contributed by atoms with Crippen molar-refractivity contribution in [2.75, 3.05) is 13.7 Å². The van der Waals surface area contributed by atoms with Gasteiger partial charge in [0.15, 0.2) is 0 Å². The number of aromatic nitrogens is 2. The van der Waals surface area contributed by atoms with Crippen molar-refractivity contribution in [1.29, 1.82) is 0 Å². The Kier molecular flexibility index (Phi) is 4.07. The van der Waals surface area contributed by atoms with Crippen molar-refractivity contribution in [2.45, 2.75) is 32.5 Å². The highest BCUT2D eigenvalue weighted by Gasteiger charge is 2.30. The Morgan fingerprint density at radius 3 is 3.10 bits per heavy atom. The number of fused-ring (bicyclic) bond motifs is 1. The minimum absolute atomic E-state index is 0.00971. The number of hydrogen-bond donors (Lipinski definition) is 0. The maximum atomic E-state index is 12.5. The molecule has 2 aromatic heterocycles. The van der Waals surface area contributed by atoms with Gasteiger partial charge >= 0.3 is 0 Å². The molecule has 1 atom stereocenters. The summed E-state index contributed by atoms with van der Waals surface area (Å²) in [5, 5.41) is 4.04. The quantitative estimate of drug-likeness (QED) is 0.870. The van der Waals surface area contributed by atoms with E-state index in [1.165, 1.54) is 0 Å². The van der Waals surface area contributed by atoms with E-state index in [0.29, 0.717) is 13.0 Å². The number of thiophene rings is 1. The second-order valence-electron chi connectivity index (χ2n) is 5.26. The highest BCUT2D eigenvalue weighted by molar-refractivity contribution is 7.07. The van der Waals surface area contributed by atoms with E-state index in [2.05, 4.69) is 9.55 Å². The second-order valence-corrected chi connectivity index (χ2v) is 6.04. The zero-order chi connectivity index (χ0) is 14.8. The summed E-state index contributed by atoms with van der Waals surface area (Å²) in [6.07, 6.45) is 2.32. The van der Waals surface area contributed by atoms with Gasteiger partial charge in [-0.2, -0.15) is 11.3 Å². The summed E-state index contributed by atoms with van der Waals surface area (Å²) in [5.74, 6) is 1.12. The molecule has 1 unspecified atom stereocenters. The van der Waals surface area contributed by atoms with Gasteiger partial charge in [0.05, 0.1) is 31.0 Å². The van der Waals surface area contributed by atoms with Crippen LogP contribution in [0.15, 0.2) is 23.0 Å². The van der Waals surface area contributed by atoms with Gasteiger partial charge in [-0.25, -0.2) is 4.98 Å². The number of ether oxygens (including phenoxy) is 1. The number of methoxy groups -OCH3 is 1. The number of amides is 1. The molecule has 0 radical (unpaired) electrons. The number of carbonyl (C=O) groups excluding carboxylic acids is 1. The molecule has 0 spiro atoms. The molecular weight excluding hydrogens is 286 g/mol. The predicted octanol–water partition coefficient (Wildman–Crippen LogP) is 2.24. The van der Waals surface area contributed by atoms with Crippen LogP contribution in [0.5, 0.6) is 0 Å². The first-order valence-corrected chi connectivity index (χ1v) is 7.98. The number of imidazole rings is 1. The van der Waals surface area contributed by atoms with Crippen molar-refractivity contribution in [3.63, 3.8) is 0 Å². The summed E-state index contributed by atoms with van der Waals surface area (Å²) in [6.45, 7) is 4.11. The van der Waals surface area contributed by atoms with Gasteiger partial charge in [-0.05, 0) is 29.3 Å². The van der Waals surface area contributed by atoms with E-state index in [-0.39, 0.29) is 11.9 Å². The summed E-state index contributed by atoms with van der Waals surface area (Å²) in [7, 11) is 1.68. The lowest BCUT2D eigenvalue weighted by Gasteiger charge is -2.34. The molecule has 3 heterocycles. The van der Waals surface area contributed by atoms with Crippen molar-refractivity contribution in [1.82, 2.24) is 14.5 Å². The van der Waals surface area contributed by atoms with Crippen LogP contribution in [-0.4, -0.2) is 34.0 Å². The first kappa shape index (κ1) is 14.3. The van der Waals surface area contributed by atoms with Gasteiger partial charge < -0.3 is 14.2 Å². The Morgan fingerprint density at radius 2 is 2.38 bits per heavy atom. The monoisotopic (exact) mass is 305 g/mol. The van der Waals surface area contributed by atoms with Gasteiger partial charge in [-0.15, -0.1) is 0 Å². The highest BCUT2D eigenvalue weighted by Crippen LogP contribution is 2.26. The Hall–Kier alpha value is -1.66. The largest absolute Gasteiger partial charge is 0.378 e. The normalized spacial score (nSPS) is 17.8. The summed E-state index contributed by atoms with van der Waals surface area (Å²) in [5.41, 5.74) is 2.16. The van der Waals surface area contributed by atoms with E-state index >= 15 is 0 Å². The second kappa shape index (κ2) is 5.99. The number of carbonyl (C=O) groups is 1. The standard InChI is InChI=1S/C15H19N3O2S/c1-11-15-16-8-13(9-20-2)18(15)5-4-17(11)14(19)7-12-3-6-21-10-12/h3,6,8,10-11H,4-5,7,9H2,1-2H3. The summed E-state index contributed by atoms with van der Waals surface area (Å²) in [6, 6.07) is 2.02. The van der Waals surface area contributed by atoms with Gasteiger partial charge in [-0.1, -0.05) is 0 Å². The lowest BCUT2D eigenvalue weighted by atomic mass is 10.1. The topological polar surface area (TPSA) is 47.4 Å². The molecule has 0 aliphatic carbocycles. The van der Waals surface area contributed by atoms with E-state index in [4.69, 9.17) is 4.74 Å². The van der Waals surface area contributed by atoms with E-state index in [1.54, 1.807) is 18.4 Å². The fraction of sp³-hybridized carbons (Fsp3) is 0.467. The van der Waals surface area contributed by atoms with Crippen molar-refractivity contribution >= 4 is 17.2 Å². The lowest BCUT2D eigenvalue weighted by Crippen LogP contribution is -2.42. The number of rotatable bonds is 4. The molecule has 0 saturated heterocycles. The van der Waals surface area contributed by atoms with Crippen LogP contribution in [0.4, 0.5) is 0 Å². The van der Waals surface area contributed by atoms with Gasteiger partial charge in [-0.3, -0.25) is 4.79 Å². The van der Waals surface area contributed by atoms with Crippen LogP contribution in [0.1, 0.15) is 30.0 Å². The highest BCUT2D eigenvalue weighted by atomic mass is 32.1. The molecule has 1 aliphatic rings. The number of nitrogens with zero attached hydrogens (tertiary/aromatic N) is 3. The van der Waals surface area contributed by atoms with Crippen LogP contribution in [-0.2, 0) is 29.1 Å². The molecular formula is C15H19N3O2S. The third-order valence-electron chi connectivity index (χ3n) is 3.92. The first-order chi connectivity index (χ1) is 10.2. The van der Waals surface area contributed by atoms with Crippen LogP contribution in [0.3, 0.4) is 0 Å². The molecule has 1 aliphatic heterocycles. The van der Waals surface area contributed by atoms with E-state index in [9.17, 15) is 4.79 Å². The molecule has 2 aromatic rings. The average Bonchev–Trinajstić information content (AvgIpc) is 3.10. The van der Waals surface area contributed by atoms with Crippen LogP contribution < -0.4 is 0 Å². The minimum Gasteiger partial charge on any atom is -0.378 e. The smallest absolute Gasteiger partial charge is 0.227 e. The molecule has 112 valence electrons. The van der Waals surface area contributed by atoms with Crippen LogP contribution in [0, 0.1) is 0 Å². The number of hydrogen-bond acceptors (Lipinski definition) is 4. The molecule has 5 nitrogen and oxygen atoms in total. The van der Waals surface area contributed by atoms with Gasteiger partial charge in [0.25, 0.3) is 0 Å². The lowest BCUT2D eigenvalue weighted by molar-refractivity contribution is -0.133. The summed E-state index contributed by atoms with van der Waals surface area (Å²) < 4.78 is 7.36. The predicted molar refractivity (Wildman–Crippen MR) is 81.1 cm³/mol. The molecule has 0 saturated carbocycles. The molecule has 21 heavy (non-hydrogen) atoms. The SMILES string of the molecule is COCc1cnc2n1CCN(C(=O)Cc1ccsc1)C2C. The average molecular weight is 305 g/mol. The van der Waals surface area contributed by atoms with Crippen LogP contribution in [0.25, 0.3) is 0 Å². The third kappa shape index (κ3) is 2.73. The maximum Gasteiger partial charge on any atom is 0.227 e. The molecule has 1 amide bonds. The Balaban J connectivity index is 1.76. The van der Waals surface area contributed by atoms with Crippen LogP contribution in [0.2, 0.25) is 0 Å². The Bertz CT molecular complexity index is 621. The molecule has 0 aromatic carbocycles. The minimum atomic E-state index is 0.00971. The third-order valence-corrected chi connectivity index (χ3v) is 4.65. The first-order valence-electron chi connectivity index (χ1n) is 7.04. The summed E-state index contributed by atoms with van der Waals surface area (Å²) in [4.78, 5) is 18.9. The molecule has 0 bridgehead atoms. The Labute approximate surface area is 128 Å².